The number of ether oxygens (including phenoxy) is 2. The molecule has 0 aliphatic heterocycles. The van der Waals surface area contributed by atoms with Gasteiger partial charge in [-0.05, 0) is 47.5 Å². The van der Waals surface area contributed by atoms with Gasteiger partial charge >= 0.3 is 0 Å². The van der Waals surface area contributed by atoms with Crippen LogP contribution in [0.2, 0.25) is 5.02 Å². The molecular formula is C24H25ClF2N2O2. The molecule has 3 aromatic carbocycles. The molecule has 4 nitrogen and oxygen atoms in total. The second kappa shape index (κ2) is 11.1. The van der Waals surface area contributed by atoms with E-state index in [9.17, 15) is 8.78 Å². The summed E-state index contributed by atoms with van der Waals surface area (Å²) in [6.45, 7) is 2.64. The molecule has 0 atom stereocenters. The smallest absolute Gasteiger partial charge is 0.161 e. The van der Waals surface area contributed by atoms with E-state index in [1.807, 2.05) is 36.4 Å². The summed E-state index contributed by atoms with van der Waals surface area (Å²) in [5, 5.41) is 0.704. The van der Waals surface area contributed by atoms with E-state index >= 15 is 0 Å². The Morgan fingerprint density at radius 1 is 0.903 bits per heavy atom. The van der Waals surface area contributed by atoms with Gasteiger partial charge in [0.1, 0.15) is 18.2 Å². The highest BCUT2D eigenvalue weighted by Gasteiger charge is 2.12. The van der Waals surface area contributed by atoms with Crippen molar-refractivity contribution in [1.29, 1.82) is 0 Å². The lowest BCUT2D eigenvalue weighted by Crippen LogP contribution is -2.28. The Bertz CT molecular complexity index is 999. The number of hydrogen-bond donors (Lipinski definition) is 1. The van der Waals surface area contributed by atoms with Gasteiger partial charge in [-0.2, -0.15) is 0 Å². The molecule has 0 saturated heterocycles. The van der Waals surface area contributed by atoms with Crippen LogP contribution >= 0.6 is 11.6 Å². The number of nitrogens with two attached hydrogens (primary N) is 1. The average molecular weight is 447 g/mol. The van der Waals surface area contributed by atoms with Crippen LogP contribution in [0.3, 0.4) is 0 Å². The Kier molecular flexibility index (Phi) is 8.23. The van der Waals surface area contributed by atoms with Gasteiger partial charge in [0.05, 0.1) is 7.11 Å². The number of benzene rings is 3. The molecule has 0 spiro atoms. The van der Waals surface area contributed by atoms with Crippen LogP contribution in [-0.2, 0) is 19.7 Å². The molecule has 164 valence electrons. The molecule has 0 aromatic heterocycles. The van der Waals surface area contributed by atoms with Crippen molar-refractivity contribution in [3.63, 3.8) is 0 Å². The van der Waals surface area contributed by atoms with Crippen molar-refractivity contribution in [1.82, 2.24) is 4.90 Å². The molecule has 31 heavy (non-hydrogen) atoms. The van der Waals surface area contributed by atoms with Crippen molar-refractivity contribution in [3.05, 3.63) is 94.0 Å². The number of methoxy groups -OCH3 is 1. The van der Waals surface area contributed by atoms with Crippen LogP contribution in [0.1, 0.15) is 16.7 Å². The third-order valence-electron chi connectivity index (χ3n) is 4.80. The van der Waals surface area contributed by atoms with Crippen LogP contribution in [0.15, 0.2) is 60.7 Å². The maximum atomic E-state index is 13.8. The lowest BCUT2D eigenvalue weighted by Gasteiger charge is -2.22. The molecule has 0 aliphatic rings. The molecule has 0 radical (unpaired) electrons. The SMILES string of the molecule is COc1cc(CN(CCN)Cc2ccc(Cl)cc2)ccc1OCc1ccc(F)cc1F. The summed E-state index contributed by atoms with van der Waals surface area (Å²) in [4.78, 5) is 2.23. The van der Waals surface area contributed by atoms with E-state index in [0.717, 1.165) is 30.3 Å². The van der Waals surface area contributed by atoms with E-state index in [4.69, 9.17) is 26.8 Å². The van der Waals surface area contributed by atoms with Crippen LogP contribution in [-0.4, -0.2) is 25.1 Å². The number of halogens is 3. The fourth-order valence-corrected chi connectivity index (χ4v) is 3.35. The Labute approximate surface area is 186 Å². The van der Waals surface area contributed by atoms with Gasteiger partial charge in [0.2, 0.25) is 0 Å². The van der Waals surface area contributed by atoms with E-state index in [2.05, 4.69) is 4.90 Å². The average Bonchev–Trinajstić information content (AvgIpc) is 2.75. The van der Waals surface area contributed by atoms with Crippen LogP contribution in [0, 0.1) is 11.6 Å². The third kappa shape index (κ3) is 6.66. The first-order valence-electron chi connectivity index (χ1n) is 9.89. The van der Waals surface area contributed by atoms with Crippen molar-refractivity contribution >= 4 is 11.6 Å². The second-order valence-corrected chi connectivity index (χ2v) is 7.57. The number of rotatable bonds is 10. The summed E-state index contributed by atoms with van der Waals surface area (Å²) in [6, 6.07) is 16.8. The van der Waals surface area contributed by atoms with Crippen LogP contribution in [0.4, 0.5) is 8.78 Å². The lowest BCUT2D eigenvalue weighted by molar-refractivity contribution is 0.261. The van der Waals surface area contributed by atoms with Crippen molar-refractivity contribution < 1.29 is 18.3 Å². The summed E-state index contributed by atoms with van der Waals surface area (Å²) in [7, 11) is 1.55. The second-order valence-electron chi connectivity index (χ2n) is 7.14. The predicted octanol–water partition coefficient (Wildman–Crippen LogP) is 5.17. The summed E-state index contributed by atoms with van der Waals surface area (Å²) in [5.41, 5.74) is 8.24. The molecule has 3 aromatic rings. The van der Waals surface area contributed by atoms with Crippen molar-refractivity contribution in [2.24, 2.45) is 5.73 Å². The minimum Gasteiger partial charge on any atom is -0.493 e. The maximum Gasteiger partial charge on any atom is 0.161 e. The molecule has 0 saturated carbocycles. The molecule has 0 fully saturated rings. The first-order chi connectivity index (χ1) is 15.0. The van der Waals surface area contributed by atoms with Crippen molar-refractivity contribution in [2.45, 2.75) is 19.7 Å². The van der Waals surface area contributed by atoms with Gasteiger partial charge in [-0.3, -0.25) is 4.90 Å². The van der Waals surface area contributed by atoms with Crippen LogP contribution < -0.4 is 15.2 Å². The quantitative estimate of drug-likeness (QED) is 0.467. The predicted molar refractivity (Wildman–Crippen MR) is 118 cm³/mol. The lowest BCUT2D eigenvalue weighted by atomic mass is 10.1. The summed E-state index contributed by atoms with van der Waals surface area (Å²) in [6.07, 6.45) is 0. The molecule has 0 heterocycles. The Balaban J connectivity index is 1.69. The number of hydrogen-bond acceptors (Lipinski definition) is 4. The Hall–Kier alpha value is -2.67. The molecular weight excluding hydrogens is 422 g/mol. The van der Waals surface area contributed by atoms with Crippen molar-refractivity contribution in [3.8, 4) is 11.5 Å². The molecule has 2 N–H and O–H groups in total. The zero-order valence-electron chi connectivity index (χ0n) is 17.3. The standard InChI is InChI=1S/C24H25ClF2N2O2/c1-30-24-12-18(15-29(11-10-28)14-17-2-6-20(25)7-3-17)4-9-23(24)31-16-19-5-8-21(26)13-22(19)27/h2-9,12-13H,10-11,14-16,28H2,1H3. The largest absolute Gasteiger partial charge is 0.493 e. The first kappa shape index (κ1) is 23.0. The first-order valence-corrected chi connectivity index (χ1v) is 10.3. The normalized spacial score (nSPS) is 11.0. The van der Waals surface area contributed by atoms with E-state index in [0.29, 0.717) is 29.6 Å². The van der Waals surface area contributed by atoms with Crippen LogP contribution in [0.5, 0.6) is 11.5 Å². The highest BCUT2D eigenvalue weighted by Crippen LogP contribution is 2.30. The van der Waals surface area contributed by atoms with Gasteiger partial charge in [0.25, 0.3) is 0 Å². The van der Waals surface area contributed by atoms with Gasteiger partial charge in [0, 0.05) is 42.8 Å². The zero-order valence-corrected chi connectivity index (χ0v) is 18.0. The summed E-state index contributed by atoms with van der Waals surface area (Å²) < 4.78 is 38.1. The fourth-order valence-electron chi connectivity index (χ4n) is 3.23. The highest BCUT2D eigenvalue weighted by atomic mass is 35.5. The minimum atomic E-state index is -0.643. The molecule has 0 unspecified atom stereocenters. The van der Waals surface area contributed by atoms with E-state index in [-0.39, 0.29) is 12.2 Å². The van der Waals surface area contributed by atoms with E-state index in [1.54, 1.807) is 13.2 Å². The topological polar surface area (TPSA) is 47.7 Å². The van der Waals surface area contributed by atoms with E-state index in [1.165, 1.54) is 12.1 Å². The van der Waals surface area contributed by atoms with Gasteiger partial charge in [0.15, 0.2) is 11.5 Å². The van der Waals surface area contributed by atoms with Gasteiger partial charge in [-0.15, -0.1) is 0 Å². The zero-order chi connectivity index (χ0) is 22.2. The maximum absolute atomic E-state index is 13.8. The van der Waals surface area contributed by atoms with Crippen LogP contribution in [0.25, 0.3) is 0 Å². The molecule has 3 rings (SSSR count). The molecule has 0 bridgehead atoms. The monoisotopic (exact) mass is 446 g/mol. The molecule has 7 heteroatoms. The Morgan fingerprint density at radius 2 is 1.61 bits per heavy atom. The minimum absolute atomic E-state index is 0.0301. The molecule has 0 aliphatic carbocycles. The van der Waals surface area contributed by atoms with Gasteiger partial charge in [-0.25, -0.2) is 8.78 Å². The Morgan fingerprint density at radius 3 is 2.29 bits per heavy atom. The summed E-state index contributed by atoms with van der Waals surface area (Å²) in [5.74, 6) is -0.240. The van der Waals surface area contributed by atoms with Gasteiger partial charge < -0.3 is 15.2 Å². The van der Waals surface area contributed by atoms with Crippen molar-refractivity contribution in [2.75, 3.05) is 20.2 Å². The molecule has 0 amide bonds. The van der Waals surface area contributed by atoms with E-state index < -0.39 is 11.6 Å². The third-order valence-corrected chi connectivity index (χ3v) is 5.05. The highest BCUT2D eigenvalue weighted by molar-refractivity contribution is 6.30. The fraction of sp³-hybridized carbons (Fsp3) is 0.250. The summed E-state index contributed by atoms with van der Waals surface area (Å²) >= 11 is 5.97. The number of nitrogens with zero attached hydrogens (tertiary/aromatic N) is 1. The van der Waals surface area contributed by atoms with Gasteiger partial charge in [-0.1, -0.05) is 29.8 Å².